The van der Waals surface area contributed by atoms with Gasteiger partial charge in [0, 0.05) is 20.4 Å². The number of hydrogen-bond donors (Lipinski definition) is 0. The molecular weight excluding hydrogens is 334 g/mol. The highest BCUT2D eigenvalue weighted by atomic mass is 32.1. The van der Waals surface area contributed by atoms with E-state index in [1.165, 1.54) is 30.9 Å². The number of hydrogen-bond acceptors (Lipinski definition) is 2. The summed E-state index contributed by atoms with van der Waals surface area (Å²) in [5.41, 5.74) is 0.609. The molecule has 0 spiro atoms. The summed E-state index contributed by atoms with van der Waals surface area (Å²) in [6, 6.07) is 19.5. The summed E-state index contributed by atoms with van der Waals surface area (Å²) in [6.07, 6.45) is 0. The Hall–Kier alpha value is -1.77. The number of benzene rings is 3. The first-order chi connectivity index (χ1) is 12.3. The summed E-state index contributed by atoms with van der Waals surface area (Å²) in [7, 11) is 8.07. The highest BCUT2D eigenvalue weighted by molar-refractivity contribution is 7.26. The van der Waals surface area contributed by atoms with Crippen LogP contribution >= 0.6 is 11.3 Å². The average Bonchev–Trinajstić information content (AvgIpc) is 2.97. The quantitative estimate of drug-likeness (QED) is 0.432. The Morgan fingerprint density at radius 1 is 0.885 bits per heavy atom. The van der Waals surface area contributed by atoms with E-state index in [2.05, 4.69) is 54.6 Å². The van der Waals surface area contributed by atoms with Crippen LogP contribution in [0.1, 0.15) is 27.7 Å². The molecule has 0 unspecified atom stereocenters. The molecule has 127 valence electrons. The fraction of sp³-hybridized carbons (Fsp3) is 0.273. The summed E-state index contributed by atoms with van der Waals surface area (Å²) in [5, 5.41) is 4.75. The van der Waals surface area contributed by atoms with Crippen LogP contribution in [-0.2, 0) is 4.65 Å². The van der Waals surface area contributed by atoms with Crippen molar-refractivity contribution in [2.45, 2.75) is 38.6 Å². The zero-order valence-corrected chi connectivity index (χ0v) is 16.5. The minimum Gasteiger partial charge on any atom is -0.430 e. The van der Waals surface area contributed by atoms with Gasteiger partial charge in [-0.25, -0.2) is 0 Å². The van der Waals surface area contributed by atoms with Crippen molar-refractivity contribution in [2.24, 2.45) is 0 Å². The predicted octanol–water partition coefficient (Wildman–Crippen LogP) is 5.61. The zero-order valence-electron chi connectivity index (χ0n) is 15.7. The van der Waals surface area contributed by atoms with E-state index >= 15 is 0 Å². The SMILES string of the molecule is [B]C(C)(C)C(C)(C)O[B]c1ccc2sc3c4ccccc4ccc3c2c1. The van der Waals surface area contributed by atoms with Crippen LogP contribution in [0.25, 0.3) is 30.9 Å². The standard InChI is InChI=1S/C22H21B2OS/c1-21(2,23)22(3,4)25-24-15-10-12-19-18(13-15)17-11-9-14-7-5-6-8-16(14)20(17)26-19/h5-13H,1-4H3. The van der Waals surface area contributed by atoms with Gasteiger partial charge in [-0.2, -0.15) is 0 Å². The maximum Gasteiger partial charge on any atom is 0.330 e. The van der Waals surface area contributed by atoms with Crippen LogP contribution in [0.4, 0.5) is 0 Å². The largest absolute Gasteiger partial charge is 0.430 e. The summed E-state index contributed by atoms with van der Waals surface area (Å²) in [4.78, 5) is 0. The maximum atomic E-state index is 6.24. The molecule has 0 amide bonds. The molecule has 4 heteroatoms. The zero-order chi connectivity index (χ0) is 18.5. The Bertz CT molecular complexity index is 1110. The Morgan fingerprint density at radius 2 is 1.65 bits per heavy atom. The fourth-order valence-corrected chi connectivity index (χ4v) is 4.18. The first-order valence-corrected chi connectivity index (χ1v) is 9.72. The molecule has 0 fully saturated rings. The molecule has 0 aliphatic heterocycles. The lowest BCUT2D eigenvalue weighted by atomic mass is 9.61. The molecule has 1 heterocycles. The van der Waals surface area contributed by atoms with Crippen LogP contribution in [-0.4, -0.2) is 20.9 Å². The number of fused-ring (bicyclic) bond motifs is 5. The van der Waals surface area contributed by atoms with Gasteiger partial charge < -0.3 is 4.65 Å². The molecule has 4 aromatic rings. The summed E-state index contributed by atoms with van der Waals surface area (Å²) >= 11 is 1.85. The summed E-state index contributed by atoms with van der Waals surface area (Å²) < 4.78 is 8.69. The smallest absolute Gasteiger partial charge is 0.330 e. The molecule has 0 N–H and O–H groups in total. The molecule has 4 rings (SSSR count). The van der Waals surface area contributed by atoms with Gasteiger partial charge in [-0.1, -0.05) is 67.8 Å². The van der Waals surface area contributed by atoms with Gasteiger partial charge in [0.05, 0.1) is 7.85 Å². The molecule has 0 bridgehead atoms. The van der Waals surface area contributed by atoms with E-state index in [-0.39, 0.29) is 0 Å². The maximum absolute atomic E-state index is 6.24. The van der Waals surface area contributed by atoms with Crippen molar-refractivity contribution in [2.75, 3.05) is 0 Å². The van der Waals surface area contributed by atoms with Crippen molar-refractivity contribution in [1.29, 1.82) is 0 Å². The topological polar surface area (TPSA) is 9.23 Å². The van der Waals surface area contributed by atoms with E-state index in [4.69, 9.17) is 12.5 Å². The van der Waals surface area contributed by atoms with E-state index in [9.17, 15) is 0 Å². The monoisotopic (exact) mass is 355 g/mol. The van der Waals surface area contributed by atoms with E-state index in [0.717, 1.165) is 5.46 Å². The molecule has 26 heavy (non-hydrogen) atoms. The normalized spacial score (nSPS) is 12.9. The first kappa shape index (κ1) is 17.6. The molecular formula is C22H21B2OS. The second kappa shape index (κ2) is 6.14. The first-order valence-electron chi connectivity index (χ1n) is 8.90. The highest BCUT2D eigenvalue weighted by Crippen LogP contribution is 2.38. The van der Waals surface area contributed by atoms with Gasteiger partial charge >= 0.3 is 7.48 Å². The third-order valence-corrected chi connectivity index (χ3v) is 6.65. The molecule has 0 saturated carbocycles. The third kappa shape index (κ3) is 2.95. The van der Waals surface area contributed by atoms with Crippen LogP contribution in [0.2, 0.25) is 5.31 Å². The van der Waals surface area contributed by atoms with Gasteiger partial charge in [0.1, 0.15) is 0 Å². The van der Waals surface area contributed by atoms with Crippen molar-refractivity contribution in [3.8, 4) is 0 Å². The average molecular weight is 355 g/mol. The molecule has 0 aliphatic carbocycles. The molecule has 0 saturated heterocycles. The second-order valence-corrected chi connectivity index (χ2v) is 9.04. The van der Waals surface area contributed by atoms with Gasteiger partial charge in [-0.05, 0) is 41.4 Å². The van der Waals surface area contributed by atoms with Crippen LogP contribution in [0.15, 0.2) is 54.6 Å². The highest BCUT2D eigenvalue weighted by Gasteiger charge is 2.32. The van der Waals surface area contributed by atoms with Crippen LogP contribution < -0.4 is 5.46 Å². The van der Waals surface area contributed by atoms with E-state index in [1.54, 1.807) is 0 Å². The lowest BCUT2D eigenvalue weighted by Crippen LogP contribution is -2.40. The lowest BCUT2D eigenvalue weighted by Gasteiger charge is -2.39. The van der Waals surface area contributed by atoms with Gasteiger partial charge in [-0.3, -0.25) is 0 Å². The minimum absolute atomic E-state index is 0.429. The minimum atomic E-state index is -0.450. The van der Waals surface area contributed by atoms with Crippen molar-refractivity contribution < 1.29 is 4.65 Å². The predicted molar refractivity (Wildman–Crippen MR) is 117 cm³/mol. The van der Waals surface area contributed by atoms with Gasteiger partial charge in [0.2, 0.25) is 0 Å². The van der Waals surface area contributed by atoms with Crippen molar-refractivity contribution >= 4 is 63.1 Å². The summed E-state index contributed by atoms with van der Waals surface area (Å²) in [5.74, 6) is 0. The fourth-order valence-electron chi connectivity index (χ4n) is 2.96. The molecule has 0 aliphatic rings. The lowest BCUT2D eigenvalue weighted by molar-refractivity contribution is 0.0767. The van der Waals surface area contributed by atoms with Crippen molar-refractivity contribution in [1.82, 2.24) is 0 Å². The third-order valence-electron chi connectivity index (χ3n) is 5.43. The van der Waals surface area contributed by atoms with E-state index in [1.807, 2.05) is 46.5 Å². The number of rotatable bonds is 4. The summed E-state index contributed by atoms with van der Waals surface area (Å²) in [6.45, 7) is 8.02. The van der Waals surface area contributed by atoms with Gasteiger partial charge in [-0.15, -0.1) is 11.3 Å². The molecule has 0 atom stereocenters. The Morgan fingerprint density at radius 3 is 2.42 bits per heavy atom. The molecule has 1 aromatic heterocycles. The molecule has 1 nitrogen and oxygen atoms in total. The van der Waals surface area contributed by atoms with E-state index < -0.39 is 10.9 Å². The van der Waals surface area contributed by atoms with Crippen LogP contribution in [0.3, 0.4) is 0 Å². The van der Waals surface area contributed by atoms with Crippen molar-refractivity contribution in [3.63, 3.8) is 0 Å². The van der Waals surface area contributed by atoms with Gasteiger partial charge in [0.15, 0.2) is 0 Å². The van der Waals surface area contributed by atoms with Gasteiger partial charge in [0.25, 0.3) is 0 Å². The Balaban J connectivity index is 1.75. The van der Waals surface area contributed by atoms with Crippen molar-refractivity contribution in [3.05, 3.63) is 54.6 Å². The molecule has 3 radical (unpaired) electrons. The Labute approximate surface area is 161 Å². The van der Waals surface area contributed by atoms with E-state index in [0.29, 0.717) is 0 Å². The number of thiophene rings is 1. The second-order valence-electron chi connectivity index (χ2n) is 7.99. The Kier molecular flexibility index (Phi) is 4.17. The van der Waals surface area contributed by atoms with Crippen LogP contribution in [0, 0.1) is 0 Å². The van der Waals surface area contributed by atoms with Crippen LogP contribution in [0.5, 0.6) is 0 Å². The molecule has 3 aromatic carbocycles.